The Morgan fingerprint density at radius 2 is 1.42 bits per heavy atom. The third-order valence-electron chi connectivity index (χ3n) is 4.49. The number of aromatic nitrogens is 2. The molecule has 31 heavy (non-hydrogen) atoms. The molecule has 4 aromatic rings. The van der Waals surface area contributed by atoms with Gasteiger partial charge in [-0.3, -0.25) is 13.8 Å². The van der Waals surface area contributed by atoms with Crippen molar-refractivity contribution in [1.82, 2.24) is 9.97 Å². The Morgan fingerprint density at radius 3 is 2.00 bits per heavy atom. The highest BCUT2D eigenvalue weighted by Gasteiger charge is 2.30. The molecule has 0 atom stereocenters. The Morgan fingerprint density at radius 1 is 0.839 bits per heavy atom. The molecule has 0 aliphatic carbocycles. The molecule has 1 N–H and O–H groups in total. The lowest BCUT2D eigenvalue weighted by atomic mass is 10.2. The van der Waals surface area contributed by atoms with Crippen molar-refractivity contribution in [2.75, 3.05) is 0 Å². The molecule has 0 radical (unpaired) electrons. The van der Waals surface area contributed by atoms with Crippen molar-refractivity contribution < 1.29 is 18.1 Å². The molecule has 3 aromatic carbocycles. The standard InChI is InChI=1S/C23H21N2O5P/c1-17-24-22-20(23(26)25-17)13-8-14-21(22)30-31(27,28-15-18-9-4-2-5-10-18)29-16-19-11-6-3-7-12-19/h2-14H,15-16H2,1H3,(H,24,25,26). The summed E-state index contributed by atoms with van der Waals surface area (Å²) in [5.41, 5.74) is 1.62. The highest BCUT2D eigenvalue weighted by molar-refractivity contribution is 7.48. The van der Waals surface area contributed by atoms with Crippen LogP contribution in [0.5, 0.6) is 5.75 Å². The van der Waals surface area contributed by atoms with E-state index >= 15 is 0 Å². The van der Waals surface area contributed by atoms with Gasteiger partial charge in [-0.15, -0.1) is 0 Å². The van der Waals surface area contributed by atoms with Crippen LogP contribution >= 0.6 is 7.82 Å². The van der Waals surface area contributed by atoms with Crippen LogP contribution in [0, 0.1) is 6.92 Å². The van der Waals surface area contributed by atoms with E-state index in [1.807, 2.05) is 60.7 Å². The predicted molar refractivity (Wildman–Crippen MR) is 118 cm³/mol. The minimum atomic E-state index is -4.06. The topological polar surface area (TPSA) is 90.5 Å². The zero-order valence-corrected chi connectivity index (χ0v) is 17.7. The normalized spacial score (nSPS) is 11.5. The number of fused-ring (bicyclic) bond motifs is 1. The zero-order chi connectivity index (χ0) is 21.7. The van der Waals surface area contributed by atoms with Crippen LogP contribution in [0.3, 0.4) is 0 Å². The molecule has 0 saturated carbocycles. The molecule has 4 rings (SSSR count). The van der Waals surface area contributed by atoms with E-state index in [4.69, 9.17) is 13.6 Å². The summed E-state index contributed by atoms with van der Waals surface area (Å²) in [4.78, 5) is 19.2. The van der Waals surface area contributed by atoms with Gasteiger partial charge in [0, 0.05) is 0 Å². The maximum Gasteiger partial charge on any atom is 0.530 e. The second-order valence-electron chi connectivity index (χ2n) is 6.86. The van der Waals surface area contributed by atoms with Gasteiger partial charge >= 0.3 is 7.82 Å². The number of benzene rings is 3. The maximum absolute atomic E-state index is 13.6. The molecule has 0 bridgehead atoms. The molecular weight excluding hydrogens is 415 g/mol. The quantitative estimate of drug-likeness (QED) is 0.384. The van der Waals surface area contributed by atoms with Crippen molar-refractivity contribution in [2.45, 2.75) is 20.1 Å². The van der Waals surface area contributed by atoms with Crippen LogP contribution in [0.25, 0.3) is 10.9 Å². The summed E-state index contributed by atoms with van der Waals surface area (Å²) in [5.74, 6) is 0.565. The van der Waals surface area contributed by atoms with Crippen molar-refractivity contribution in [3.8, 4) is 5.75 Å². The average Bonchev–Trinajstić information content (AvgIpc) is 2.79. The number of hydrogen-bond donors (Lipinski definition) is 1. The first-order valence-electron chi connectivity index (χ1n) is 9.69. The predicted octanol–water partition coefficient (Wildman–Crippen LogP) is 5.15. The van der Waals surface area contributed by atoms with Crippen molar-refractivity contribution in [2.24, 2.45) is 0 Å². The van der Waals surface area contributed by atoms with Crippen LogP contribution in [-0.2, 0) is 26.8 Å². The lowest BCUT2D eigenvalue weighted by Crippen LogP contribution is -2.11. The van der Waals surface area contributed by atoms with Gasteiger partial charge in [-0.1, -0.05) is 66.7 Å². The number of H-pyrrole nitrogens is 1. The third-order valence-corrected chi connectivity index (χ3v) is 5.80. The van der Waals surface area contributed by atoms with Crippen LogP contribution in [0.15, 0.2) is 83.7 Å². The Labute approximate surface area is 179 Å². The summed E-state index contributed by atoms with van der Waals surface area (Å²) in [7, 11) is -4.06. The maximum atomic E-state index is 13.6. The Balaban J connectivity index is 1.64. The van der Waals surface area contributed by atoms with Crippen molar-refractivity contribution >= 4 is 18.7 Å². The first-order valence-corrected chi connectivity index (χ1v) is 11.1. The monoisotopic (exact) mass is 436 g/mol. The van der Waals surface area contributed by atoms with Crippen LogP contribution < -0.4 is 10.1 Å². The van der Waals surface area contributed by atoms with E-state index in [1.165, 1.54) is 0 Å². The highest BCUT2D eigenvalue weighted by Crippen LogP contribution is 2.51. The smallest absolute Gasteiger partial charge is 0.402 e. The van der Waals surface area contributed by atoms with Gasteiger partial charge in [0.1, 0.15) is 11.3 Å². The molecular formula is C23H21N2O5P. The number of phosphoric acid groups is 1. The molecule has 0 fully saturated rings. The minimum Gasteiger partial charge on any atom is -0.402 e. The number of aryl methyl sites for hydroxylation is 1. The number of hydrogen-bond acceptors (Lipinski definition) is 6. The first kappa shape index (κ1) is 21.0. The number of aromatic amines is 1. The van der Waals surface area contributed by atoms with Crippen molar-refractivity contribution in [1.29, 1.82) is 0 Å². The SMILES string of the molecule is Cc1nc2c(OP(=O)(OCc3ccccc3)OCc3ccccc3)cccc2c(=O)[nH]1. The molecule has 0 spiro atoms. The van der Waals surface area contributed by atoms with E-state index in [0.29, 0.717) is 11.2 Å². The summed E-state index contributed by atoms with van der Waals surface area (Å²) in [6.45, 7) is 1.73. The molecule has 1 aromatic heterocycles. The van der Waals surface area contributed by atoms with E-state index in [0.717, 1.165) is 11.1 Å². The fourth-order valence-electron chi connectivity index (χ4n) is 2.99. The Hall–Kier alpha value is -3.25. The van der Waals surface area contributed by atoms with Crippen LogP contribution in [0.4, 0.5) is 0 Å². The van der Waals surface area contributed by atoms with Gasteiger partial charge in [0.15, 0.2) is 5.75 Å². The van der Waals surface area contributed by atoms with E-state index < -0.39 is 7.82 Å². The Bertz CT molecular complexity index is 1230. The largest absolute Gasteiger partial charge is 0.530 e. The van der Waals surface area contributed by atoms with E-state index in [1.54, 1.807) is 25.1 Å². The van der Waals surface area contributed by atoms with Gasteiger partial charge in [-0.25, -0.2) is 9.55 Å². The summed E-state index contributed by atoms with van der Waals surface area (Å²) in [5, 5.41) is 0.320. The van der Waals surface area contributed by atoms with Crippen molar-refractivity contribution in [3.05, 3.63) is 106 Å². The zero-order valence-electron chi connectivity index (χ0n) is 16.9. The first-order chi connectivity index (χ1) is 15.0. The highest BCUT2D eigenvalue weighted by atomic mass is 31.2. The number of nitrogens with zero attached hydrogens (tertiary/aromatic N) is 1. The summed E-state index contributed by atoms with van der Waals surface area (Å²) in [6.07, 6.45) is 0. The van der Waals surface area contributed by atoms with Gasteiger partial charge in [0.2, 0.25) is 0 Å². The second-order valence-corrected chi connectivity index (χ2v) is 8.45. The number of nitrogens with one attached hydrogen (secondary N) is 1. The van der Waals surface area contributed by atoms with Gasteiger partial charge < -0.3 is 9.51 Å². The third kappa shape index (κ3) is 5.27. The minimum absolute atomic E-state index is 0.0325. The number of para-hydroxylation sites is 1. The van der Waals surface area contributed by atoms with E-state index in [-0.39, 0.29) is 30.0 Å². The van der Waals surface area contributed by atoms with Crippen molar-refractivity contribution in [3.63, 3.8) is 0 Å². The van der Waals surface area contributed by atoms with E-state index in [2.05, 4.69) is 9.97 Å². The molecule has 1 heterocycles. The molecule has 0 aliphatic rings. The number of phosphoric ester groups is 1. The van der Waals surface area contributed by atoms with Crippen LogP contribution in [0.1, 0.15) is 17.0 Å². The second kappa shape index (κ2) is 9.27. The average molecular weight is 436 g/mol. The molecule has 7 nitrogen and oxygen atoms in total. The summed E-state index contributed by atoms with van der Waals surface area (Å²) >= 11 is 0. The fraction of sp³-hybridized carbons (Fsp3) is 0.130. The molecule has 158 valence electrons. The lowest BCUT2D eigenvalue weighted by Gasteiger charge is -2.19. The summed E-state index contributed by atoms with van der Waals surface area (Å²) < 4.78 is 30.6. The summed E-state index contributed by atoms with van der Waals surface area (Å²) in [6, 6.07) is 23.4. The Kier molecular flexibility index (Phi) is 6.28. The van der Waals surface area contributed by atoms with Gasteiger partial charge in [-0.2, -0.15) is 0 Å². The van der Waals surface area contributed by atoms with Crippen LogP contribution in [0.2, 0.25) is 0 Å². The van der Waals surface area contributed by atoms with Crippen LogP contribution in [-0.4, -0.2) is 9.97 Å². The van der Waals surface area contributed by atoms with Gasteiger partial charge in [-0.05, 0) is 30.2 Å². The molecule has 8 heteroatoms. The van der Waals surface area contributed by atoms with Gasteiger partial charge in [0.05, 0.1) is 18.6 Å². The number of rotatable bonds is 8. The van der Waals surface area contributed by atoms with Gasteiger partial charge in [0.25, 0.3) is 5.56 Å². The lowest BCUT2D eigenvalue weighted by molar-refractivity contribution is 0.143. The van der Waals surface area contributed by atoms with E-state index in [9.17, 15) is 9.36 Å². The molecule has 0 aliphatic heterocycles. The fourth-order valence-corrected chi connectivity index (χ4v) is 4.17. The molecule has 0 amide bonds. The molecule has 0 saturated heterocycles. The molecule has 0 unspecified atom stereocenters.